The van der Waals surface area contributed by atoms with E-state index in [0.29, 0.717) is 17.0 Å². The van der Waals surface area contributed by atoms with Crippen molar-refractivity contribution in [2.45, 2.75) is 32.7 Å². The molecule has 1 N–H and O–H groups in total. The summed E-state index contributed by atoms with van der Waals surface area (Å²) in [6.07, 6.45) is 2.99. The molecule has 0 bridgehead atoms. The van der Waals surface area contributed by atoms with Crippen LogP contribution in [0.2, 0.25) is 0 Å². The fourth-order valence-corrected chi connectivity index (χ4v) is 4.12. The SMILES string of the molecule is CC(C)c1cnc(NC(=O)N(C)CC2CCN(Cc3ccccc3)C2)s1. The summed E-state index contributed by atoms with van der Waals surface area (Å²) in [6, 6.07) is 10.5. The predicted molar refractivity (Wildman–Crippen MR) is 108 cm³/mol. The van der Waals surface area contributed by atoms with E-state index in [4.69, 9.17) is 0 Å². The highest BCUT2D eigenvalue weighted by molar-refractivity contribution is 7.15. The van der Waals surface area contributed by atoms with E-state index in [1.54, 1.807) is 16.2 Å². The monoisotopic (exact) mass is 372 g/mol. The van der Waals surface area contributed by atoms with Crippen LogP contribution in [0.1, 0.15) is 36.6 Å². The van der Waals surface area contributed by atoms with Crippen LogP contribution in [0.5, 0.6) is 0 Å². The molecule has 0 radical (unpaired) electrons. The molecule has 0 aliphatic carbocycles. The van der Waals surface area contributed by atoms with Crippen LogP contribution in [-0.2, 0) is 6.54 Å². The number of carbonyl (C=O) groups is 1. The first-order valence-corrected chi connectivity index (χ1v) is 10.1. The van der Waals surface area contributed by atoms with E-state index in [-0.39, 0.29) is 6.03 Å². The minimum Gasteiger partial charge on any atom is -0.327 e. The Morgan fingerprint density at radius 2 is 2.15 bits per heavy atom. The predicted octanol–water partition coefficient (Wildman–Crippen LogP) is 4.25. The molecule has 26 heavy (non-hydrogen) atoms. The van der Waals surface area contributed by atoms with Gasteiger partial charge in [0.2, 0.25) is 0 Å². The second kappa shape index (κ2) is 8.64. The third kappa shape index (κ3) is 5.05. The summed E-state index contributed by atoms with van der Waals surface area (Å²) in [5, 5.41) is 3.61. The number of anilines is 1. The van der Waals surface area contributed by atoms with E-state index in [2.05, 4.69) is 59.4 Å². The third-order valence-electron chi connectivity index (χ3n) is 4.80. The fourth-order valence-electron chi connectivity index (χ4n) is 3.32. The van der Waals surface area contributed by atoms with Crippen LogP contribution >= 0.6 is 11.3 Å². The van der Waals surface area contributed by atoms with E-state index >= 15 is 0 Å². The first-order chi connectivity index (χ1) is 12.5. The van der Waals surface area contributed by atoms with Crippen molar-refractivity contribution in [3.8, 4) is 0 Å². The fraction of sp³-hybridized carbons (Fsp3) is 0.500. The number of rotatable bonds is 6. The molecule has 5 nitrogen and oxygen atoms in total. The van der Waals surface area contributed by atoms with Crippen LogP contribution in [0.3, 0.4) is 0 Å². The molecule has 6 heteroatoms. The molecule has 1 aliphatic rings. The van der Waals surface area contributed by atoms with Gasteiger partial charge in [0.15, 0.2) is 5.13 Å². The Kier molecular flexibility index (Phi) is 6.27. The number of benzene rings is 1. The van der Waals surface area contributed by atoms with Gasteiger partial charge in [0.25, 0.3) is 0 Å². The average molecular weight is 373 g/mol. The second-order valence-corrected chi connectivity index (χ2v) is 8.47. The Labute approximate surface area is 160 Å². The second-order valence-electron chi connectivity index (χ2n) is 7.41. The third-order valence-corrected chi connectivity index (χ3v) is 6.02. The lowest BCUT2D eigenvalue weighted by atomic mass is 10.1. The molecular weight excluding hydrogens is 344 g/mol. The van der Waals surface area contributed by atoms with Crippen LogP contribution in [0.25, 0.3) is 0 Å². The lowest BCUT2D eigenvalue weighted by molar-refractivity contribution is 0.212. The minimum atomic E-state index is -0.0730. The molecule has 1 aromatic carbocycles. The highest BCUT2D eigenvalue weighted by Gasteiger charge is 2.25. The van der Waals surface area contributed by atoms with Crippen molar-refractivity contribution in [3.05, 3.63) is 47.0 Å². The van der Waals surface area contributed by atoms with Crippen LogP contribution in [0.15, 0.2) is 36.5 Å². The molecule has 1 fully saturated rings. The topological polar surface area (TPSA) is 48.5 Å². The molecule has 2 aromatic rings. The van der Waals surface area contributed by atoms with Gasteiger partial charge in [-0.3, -0.25) is 10.2 Å². The summed E-state index contributed by atoms with van der Waals surface area (Å²) in [7, 11) is 1.87. The first-order valence-electron chi connectivity index (χ1n) is 9.25. The van der Waals surface area contributed by atoms with Crippen molar-refractivity contribution in [2.24, 2.45) is 5.92 Å². The van der Waals surface area contributed by atoms with E-state index in [9.17, 15) is 4.79 Å². The van der Waals surface area contributed by atoms with Gasteiger partial charge in [-0.15, -0.1) is 11.3 Å². The molecule has 2 heterocycles. The van der Waals surface area contributed by atoms with Gasteiger partial charge in [0.1, 0.15) is 0 Å². The standard InChI is InChI=1S/C20H28N4OS/c1-15(2)18-11-21-19(26-18)22-20(25)23(3)12-17-9-10-24(14-17)13-16-7-5-4-6-8-16/h4-8,11,15,17H,9-10,12-14H2,1-3H3,(H,21,22,25). The molecule has 1 unspecified atom stereocenters. The van der Waals surface area contributed by atoms with E-state index in [1.807, 2.05) is 13.2 Å². The maximum Gasteiger partial charge on any atom is 0.323 e. The number of thiazole rings is 1. The van der Waals surface area contributed by atoms with Gasteiger partial charge >= 0.3 is 6.03 Å². The van der Waals surface area contributed by atoms with Crippen molar-refractivity contribution in [1.29, 1.82) is 0 Å². The Morgan fingerprint density at radius 3 is 2.85 bits per heavy atom. The van der Waals surface area contributed by atoms with E-state index in [1.165, 1.54) is 10.4 Å². The summed E-state index contributed by atoms with van der Waals surface area (Å²) in [6.45, 7) is 8.17. The Balaban J connectivity index is 1.45. The maximum absolute atomic E-state index is 12.4. The van der Waals surface area contributed by atoms with E-state index in [0.717, 1.165) is 32.6 Å². The van der Waals surface area contributed by atoms with Gasteiger partial charge in [-0.25, -0.2) is 9.78 Å². The summed E-state index contributed by atoms with van der Waals surface area (Å²) in [5.41, 5.74) is 1.35. The lowest BCUT2D eigenvalue weighted by Gasteiger charge is -2.21. The quantitative estimate of drug-likeness (QED) is 0.824. The molecule has 0 spiro atoms. The van der Waals surface area contributed by atoms with Gasteiger partial charge in [-0.2, -0.15) is 0 Å². The molecule has 2 amide bonds. The minimum absolute atomic E-state index is 0.0730. The number of hydrogen-bond acceptors (Lipinski definition) is 4. The molecular formula is C20H28N4OS. The number of nitrogens with one attached hydrogen (secondary N) is 1. The summed E-state index contributed by atoms with van der Waals surface area (Å²) >= 11 is 1.55. The normalized spacial score (nSPS) is 17.6. The van der Waals surface area contributed by atoms with Gasteiger partial charge in [-0.05, 0) is 30.4 Å². The number of carbonyl (C=O) groups excluding carboxylic acids is 1. The zero-order valence-corrected chi connectivity index (χ0v) is 16.6. The Hall–Kier alpha value is -1.92. The van der Waals surface area contributed by atoms with Gasteiger partial charge < -0.3 is 4.90 Å². The van der Waals surface area contributed by atoms with Gasteiger partial charge in [-0.1, -0.05) is 44.2 Å². The highest BCUT2D eigenvalue weighted by Crippen LogP contribution is 2.25. The van der Waals surface area contributed by atoms with Crippen LogP contribution in [0.4, 0.5) is 9.93 Å². The zero-order chi connectivity index (χ0) is 18.5. The Bertz CT molecular complexity index is 716. The van der Waals surface area contributed by atoms with E-state index < -0.39 is 0 Å². The molecule has 0 saturated carbocycles. The lowest BCUT2D eigenvalue weighted by Crippen LogP contribution is -2.36. The number of amides is 2. The zero-order valence-electron chi connectivity index (χ0n) is 15.8. The molecule has 1 aliphatic heterocycles. The molecule has 140 valence electrons. The molecule has 1 saturated heterocycles. The van der Waals surface area contributed by atoms with Crippen molar-refractivity contribution in [1.82, 2.24) is 14.8 Å². The highest BCUT2D eigenvalue weighted by atomic mass is 32.1. The summed E-state index contributed by atoms with van der Waals surface area (Å²) in [4.78, 5) is 22.2. The summed E-state index contributed by atoms with van der Waals surface area (Å²) < 4.78 is 0. The number of nitrogens with zero attached hydrogens (tertiary/aromatic N) is 3. The maximum atomic E-state index is 12.4. The van der Waals surface area contributed by atoms with Crippen LogP contribution in [-0.4, -0.2) is 47.5 Å². The largest absolute Gasteiger partial charge is 0.327 e. The number of aromatic nitrogens is 1. The van der Waals surface area contributed by atoms with Crippen LogP contribution in [0, 0.1) is 5.92 Å². The van der Waals surface area contributed by atoms with Crippen molar-refractivity contribution in [2.75, 3.05) is 32.0 Å². The number of hydrogen-bond donors (Lipinski definition) is 1. The van der Waals surface area contributed by atoms with Crippen LogP contribution < -0.4 is 5.32 Å². The smallest absolute Gasteiger partial charge is 0.323 e. The summed E-state index contributed by atoms with van der Waals surface area (Å²) in [5.74, 6) is 0.960. The average Bonchev–Trinajstić information content (AvgIpc) is 3.25. The molecule has 1 atom stereocenters. The van der Waals surface area contributed by atoms with Crippen molar-refractivity contribution >= 4 is 22.5 Å². The molecule has 3 rings (SSSR count). The van der Waals surface area contributed by atoms with Gasteiger partial charge in [0.05, 0.1) is 0 Å². The van der Waals surface area contributed by atoms with Crippen molar-refractivity contribution < 1.29 is 4.79 Å². The number of likely N-dealkylation sites (tertiary alicyclic amines) is 1. The molecule has 1 aromatic heterocycles. The van der Waals surface area contributed by atoms with Crippen molar-refractivity contribution in [3.63, 3.8) is 0 Å². The first kappa shape index (κ1) is 18.9. The Morgan fingerprint density at radius 1 is 1.38 bits per heavy atom. The van der Waals surface area contributed by atoms with Gasteiger partial charge in [0, 0.05) is 37.8 Å². The number of urea groups is 1.